The Balaban J connectivity index is 1.62. The van der Waals surface area contributed by atoms with Crippen molar-refractivity contribution in [3.8, 4) is 11.3 Å². The first kappa shape index (κ1) is 17.8. The van der Waals surface area contributed by atoms with Crippen molar-refractivity contribution >= 4 is 20.8 Å². The van der Waals surface area contributed by atoms with Gasteiger partial charge in [0.05, 0.1) is 30.0 Å². The van der Waals surface area contributed by atoms with E-state index in [0.29, 0.717) is 42.9 Å². The van der Waals surface area contributed by atoms with E-state index in [0.717, 1.165) is 10.9 Å². The van der Waals surface area contributed by atoms with Gasteiger partial charge >= 0.3 is 0 Å². The molecule has 7 nitrogen and oxygen atoms in total. The average Bonchev–Trinajstić information content (AvgIpc) is 2.70. The third kappa shape index (κ3) is 3.64. The molecule has 0 amide bonds. The van der Waals surface area contributed by atoms with Crippen LogP contribution in [-0.2, 0) is 20.5 Å². The first-order valence-corrected chi connectivity index (χ1v) is 10.3. The highest BCUT2D eigenvalue weighted by Crippen LogP contribution is 2.25. The molecule has 8 heteroatoms. The molecule has 0 radical (unpaired) electrons. The van der Waals surface area contributed by atoms with Crippen molar-refractivity contribution in [2.24, 2.45) is 0 Å². The molecule has 1 aromatic heterocycles. The van der Waals surface area contributed by atoms with E-state index in [-0.39, 0.29) is 11.3 Å². The topological polar surface area (TPSA) is 92.4 Å². The number of rotatable bonds is 4. The first-order valence-electron chi connectivity index (χ1n) is 8.67. The van der Waals surface area contributed by atoms with Gasteiger partial charge in [-0.2, -0.15) is 9.40 Å². The minimum atomic E-state index is -3.36. The van der Waals surface area contributed by atoms with Crippen LogP contribution in [0.1, 0.15) is 5.56 Å². The first-order chi connectivity index (χ1) is 13.0. The number of aromatic nitrogens is 2. The number of sulfonamides is 1. The van der Waals surface area contributed by atoms with Gasteiger partial charge in [-0.1, -0.05) is 42.5 Å². The Morgan fingerprint density at radius 2 is 1.67 bits per heavy atom. The molecule has 140 valence electrons. The number of nitrogens with zero attached hydrogens (tertiary/aromatic N) is 2. The van der Waals surface area contributed by atoms with Gasteiger partial charge in [-0.05, 0) is 11.6 Å². The highest BCUT2D eigenvalue weighted by molar-refractivity contribution is 7.88. The van der Waals surface area contributed by atoms with Gasteiger partial charge in [-0.25, -0.2) is 13.5 Å². The number of H-pyrrole nitrogens is 1. The molecule has 2 aromatic carbocycles. The molecule has 0 bridgehead atoms. The molecule has 3 aromatic rings. The number of hydrogen-bond acceptors (Lipinski definition) is 5. The summed E-state index contributed by atoms with van der Waals surface area (Å²) >= 11 is 0. The van der Waals surface area contributed by atoms with E-state index in [4.69, 9.17) is 4.74 Å². The Hall–Kier alpha value is -2.55. The molecule has 4 rings (SSSR count). The lowest BCUT2D eigenvalue weighted by Crippen LogP contribution is -2.41. The normalized spacial score (nSPS) is 15.9. The predicted molar refractivity (Wildman–Crippen MR) is 103 cm³/mol. The largest absolute Gasteiger partial charge is 0.379 e. The summed E-state index contributed by atoms with van der Waals surface area (Å²) in [5.74, 6) is -0.0485. The maximum atomic E-state index is 12.5. The van der Waals surface area contributed by atoms with Crippen LogP contribution in [0, 0.1) is 0 Å². The van der Waals surface area contributed by atoms with Gasteiger partial charge < -0.3 is 4.74 Å². The predicted octanol–water partition coefficient (Wildman–Crippen LogP) is 1.75. The summed E-state index contributed by atoms with van der Waals surface area (Å²) < 4.78 is 31.8. The zero-order chi connectivity index (χ0) is 18.9. The molecule has 1 fully saturated rings. The molecule has 0 atom stereocenters. The summed E-state index contributed by atoms with van der Waals surface area (Å²) in [5.41, 5.74) is 1.95. The summed E-state index contributed by atoms with van der Waals surface area (Å²) in [6.07, 6.45) is 0. The summed E-state index contributed by atoms with van der Waals surface area (Å²) in [6, 6.07) is 14.5. The van der Waals surface area contributed by atoms with Crippen LogP contribution in [0.5, 0.6) is 0 Å². The monoisotopic (exact) mass is 385 g/mol. The zero-order valence-electron chi connectivity index (χ0n) is 14.6. The van der Waals surface area contributed by atoms with E-state index in [2.05, 4.69) is 10.2 Å². The maximum Gasteiger partial charge on any atom is 0.272 e. The maximum absolute atomic E-state index is 12.5. The highest BCUT2D eigenvalue weighted by atomic mass is 32.2. The number of morpholine rings is 1. The molecular formula is C19H19N3O4S. The second kappa shape index (κ2) is 7.22. The van der Waals surface area contributed by atoms with E-state index in [1.807, 2.05) is 24.3 Å². The van der Waals surface area contributed by atoms with Crippen LogP contribution < -0.4 is 5.56 Å². The van der Waals surface area contributed by atoms with E-state index in [1.54, 1.807) is 24.3 Å². The van der Waals surface area contributed by atoms with Crippen LogP contribution in [0.15, 0.2) is 53.3 Å². The Kier molecular flexibility index (Phi) is 4.77. The van der Waals surface area contributed by atoms with E-state index in [9.17, 15) is 13.2 Å². The number of nitrogens with one attached hydrogen (secondary N) is 1. The number of benzene rings is 2. The lowest BCUT2D eigenvalue weighted by Gasteiger charge is -2.26. The summed E-state index contributed by atoms with van der Waals surface area (Å²) in [7, 11) is -3.36. The van der Waals surface area contributed by atoms with Gasteiger partial charge in [-0.15, -0.1) is 0 Å². The Morgan fingerprint density at radius 1 is 1.00 bits per heavy atom. The van der Waals surface area contributed by atoms with Crippen LogP contribution in [0.4, 0.5) is 0 Å². The third-order valence-corrected chi connectivity index (χ3v) is 6.49. The van der Waals surface area contributed by atoms with Crippen molar-refractivity contribution in [3.05, 3.63) is 64.4 Å². The average molecular weight is 385 g/mol. The standard InChI is InChI=1S/C19H19N3O4S/c23-19-17-4-2-1-3-16(17)18(20-21-19)15-7-5-14(6-8-15)13-27(24,25)22-9-11-26-12-10-22/h1-8H,9-13H2,(H,21,23). The van der Waals surface area contributed by atoms with Gasteiger partial charge in [0.15, 0.2) is 0 Å². The number of fused-ring (bicyclic) bond motifs is 1. The van der Waals surface area contributed by atoms with Crippen LogP contribution in [0.3, 0.4) is 0 Å². The molecule has 1 N–H and O–H groups in total. The third-order valence-electron chi connectivity index (χ3n) is 4.64. The van der Waals surface area contributed by atoms with Crippen LogP contribution in [-0.4, -0.2) is 49.2 Å². The molecule has 0 unspecified atom stereocenters. The Morgan fingerprint density at radius 3 is 2.37 bits per heavy atom. The van der Waals surface area contributed by atoms with E-state index < -0.39 is 10.0 Å². The minimum Gasteiger partial charge on any atom is -0.379 e. The molecule has 0 aliphatic carbocycles. The highest BCUT2D eigenvalue weighted by Gasteiger charge is 2.24. The number of aromatic amines is 1. The molecule has 1 aliphatic heterocycles. The van der Waals surface area contributed by atoms with Crippen LogP contribution >= 0.6 is 0 Å². The molecule has 0 spiro atoms. The van der Waals surface area contributed by atoms with Gasteiger partial charge in [-0.3, -0.25) is 4.79 Å². The molecule has 1 saturated heterocycles. The lowest BCUT2D eigenvalue weighted by molar-refractivity contribution is 0.0729. The summed E-state index contributed by atoms with van der Waals surface area (Å²) in [4.78, 5) is 11.9. The quantitative estimate of drug-likeness (QED) is 0.739. The van der Waals surface area contributed by atoms with Crippen molar-refractivity contribution in [2.45, 2.75) is 5.75 Å². The van der Waals surface area contributed by atoms with Crippen LogP contribution in [0.25, 0.3) is 22.0 Å². The van der Waals surface area contributed by atoms with Crippen molar-refractivity contribution < 1.29 is 13.2 Å². The van der Waals surface area contributed by atoms with Crippen molar-refractivity contribution in [2.75, 3.05) is 26.3 Å². The molecule has 0 saturated carbocycles. The van der Waals surface area contributed by atoms with Gasteiger partial charge in [0.1, 0.15) is 0 Å². The molecular weight excluding hydrogens is 366 g/mol. The number of ether oxygens (including phenoxy) is 1. The number of hydrogen-bond donors (Lipinski definition) is 1. The van der Waals surface area contributed by atoms with Gasteiger partial charge in [0, 0.05) is 24.0 Å². The fraction of sp³-hybridized carbons (Fsp3) is 0.263. The summed E-state index contributed by atoms with van der Waals surface area (Å²) in [6.45, 7) is 1.66. The second-order valence-electron chi connectivity index (χ2n) is 6.41. The van der Waals surface area contributed by atoms with Crippen molar-refractivity contribution in [1.29, 1.82) is 0 Å². The fourth-order valence-corrected chi connectivity index (χ4v) is 4.72. The van der Waals surface area contributed by atoms with E-state index >= 15 is 0 Å². The Labute approximate surface area is 156 Å². The van der Waals surface area contributed by atoms with Crippen LogP contribution in [0.2, 0.25) is 0 Å². The SMILES string of the molecule is O=c1[nH]nc(-c2ccc(CS(=O)(=O)N3CCOCC3)cc2)c2ccccc12. The Bertz CT molecular complexity index is 1120. The smallest absolute Gasteiger partial charge is 0.272 e. The molecule has 1 aliphatic rings. The second-order valence-corrected chi connectivity index (χ2v) is 8.38. The zero-order valence-corrected chi connectivity index (χ0v) is 15.4. The fourth-order valence-electron chi connectivity index (χ4n) is 3.22. The van der Waals surface area contributed by atoms with Crippen molar-refractivity contribution in [1.82, 2.24) is 14.5 Å². The summed E-state index contributed by atoms with van der Waals surface area (Å²) in [5, 5.41) is 8.02. The van der Waals surface area contributed by atoms with Gasteiger partial charge in [0.2, 0.25) is 10.0 Å². The van der Waals surface area contributed by atoms with Gasteiger partial charge in [0.25, 0.3) is 5.56 Å². The van der Waals surface area contributed by atoms with Crippen molar-refractivity contribution in [3.63, 3.8) is 0 Å². The molecule has 2 heterocycles. The lowest BCUT2D eigenvalue weighted by atomic mass is 10.0. The molecule has 27 heavy (non-hydrogen) atoms. The minimum absolute atomic E-state index is 0.0485. The van der Waals surface area contributed by atoms with E-state index in [1.165, 1.54) is 4.31 Å².